The molecule has 0 saturated carbocycles. The molecule has 0 amide bonds. The summed E-state index contributed by atoms with van der Waals surface area (Å²) in [5.41, 5.74) is 5.98. The van der Waals surface area contributed by atoms with Crippen LogP contribution < -0.4 is 5.73 Å². The number of hydrogen-bond acceptors (Lipinski definition) is 6. The molecule has 0 atom stereocenters. The fourth-order valence-electron chi connectivity index (χ4n) is 1.06. The van der Waals surface area contributed by atoms with Crippen molar-refractivity contribution in [2.75, 3.05) is 18.9 Å². The molecular weight excluding hydrogens is 236 g/mol. The first kappa shape index (κ1) is 13.7. The zero-order chi connectivity index (χ0) is 13.5. The van der Waals surface area contributed by atoms with Crippen LogP contribution in [0.3, 0.4) is 0 Å². The van der Waals surface area contributed by atoms with E-state index in [0.717, 1.165) is 0 Å². The van der Waals surface area contributed by atoms with Crippen molar-refractivity contribution in [1.29, 1.82) is 0 Å². The molecule has 0 unspecified atom stereocenters. The van der Waals surface area contributed by atoms with Gasteiger partial charge in [-0.1, -0.05) is 6.58 Å². The number of carbonyl (C=O) groups is 2. The summed E-state index contributed by atoms with van der Waals surface area (Å²) < 4.78 is 9.63. The summed E-state index contributed by atoms with van der Waals surface area (Å²) in [6.45, 7) is 4.87. The molecule has 1 aromatic rings. The lowest BCUT2D eigenvalue weighted by Crippen LogP contribution is -2.15. The molecule has 96 valence electrons. The molecule has 1 aromatic heterocycles. The van der Waals surface area contributed by atoms with E-state index < -0.39 is 11.9 Å². The summed E-state index contributed by atoms with van der Waals surface area (Å²) >= 11 is 0. The molecule has 0 radical (unpaired) electrons. The van der Waals surface area contributed by atoms with Gasteiger partial charge in [-0.2, -0.15) is 0 Å². The van der Waals surface area contributed by atoms with Gasteiger partial charge in [-0.15, -0.1) is 0 Å². The smallest absolute Gasteiger partial charge is 0.342 e. The number of ether oxygens (including phenoxy) is 2. The van der Waals surface area contributed by atoms with Crippen molar-refractivity contribution >= 4 is 17.8 Å². The number of esters is 2. The number of nitrogens with two attached hydrogens (primary N) is 1. The highest BCUT2D eigenvalue weighted by molar-refractivity contribution is 5.94. The molecule has 0 bridgehead atoms. The molecule has 6 nitrogen and oxygen atoms in total. The van der Waals surface area contributed by atoms with Crippen molar-refractivity contribution in [3.8, 4) is 0 Å². The van der Waals surface area contributed by atoms with Gasteiger partial charge in [0.15, 0.2) is 0 Å². The minimum atomic E-state index is -0.605. The van der Waals surface area contributed by atoms with Gasteiger partial charge in [-0.05, 0) is 19.1 Å². The van der Waals surface area contributed by atoms with Crippen LogP contribution in [0.5, 0.6) is 0 Å². The van der Waals surface area contributed by atoms with Gasteiger partial charge in [0.25, 0.3) is 0 Å². The number of pyridine rings is 1. The molecule has 0 aliphatic carbocycles. The maximum absolute atomic E-state index is 11.5. The van der Waals surface area contributed by atoms with Crippen LogP contribution in [0.1, 0.15) is 17.3 Å². The number of anilines is 1. The Balaban J connectivity index is 2.37. The van der Waals surface area contributed by atoms with Crippen LogP contribution in [-0.2, 0) is 14.3 Å². The molecule has 1 rings (SSSR count). The van der Waals surface area contributed by atoms with Gasteiger partial charge in [-0.25, -0.2) is 14.6 Å². The maximum Gasteiger partial charge on any atom is 0.342 e. The van der Waals surface area contributed by atoms with E-state index in [1.807, 2.05) is 0 Å². The van der Waals surface area contributed by atoms with Gasteiger partial charge >= 0.3 is 11.9 Å². The first-order chi connectivity index (χ1) is 8.52. The third-order valence-electron chi connectivity index (χ3n) is 1.96. The molecule has 18 heavy (non-hydrogen) atoms. The van der Waals surface area contributed by atoms with Crippen molar-refractivity contribution in [3.05, 3.63) is 36.0 Å². The van der Waals surface area contributed by atoms with E-state index in [-0.39, 0.29) is 30.2 Å². The highest BCUT2D eigenvalue weighted by Crippen LogP contribution is 2.08. The largest absolute Gasteiger partial charge is 0.459 e. The predicted molar refractivity (Wildman–Crippen MR) is 64.7 cm³/mol. The van der Waals surface area contributed by atoms with E-state index in [2.05, 4.69) is 11.6 Å². The summed E-state index contributed by atoms with van der Waals surface area (Å²) in [7, 11) is 0. The van der Waals surface area contributed by atoms with E-state index in [1.165, 1.54) is 19.2 Å². The number of rotatable bonds is 5. The van der Waals surface area contributed by atoms with Crippen LogP contribution in [0.2, 0.25) is 0 Å². The quantitative estimate of drug-likeness (QED) is 0.475. The molecular formula is C12H14N2O4. The molecule has 6 heteroatoms. The van der Waals surface area contributed by atoms with Crippen LogP contribution in [0.15, 0.2) is 30.5 Å². The summed E-state index contributed by atoms with van der Waals surface area (Å²) in [6.07, 6.45) is 1.47. The van der Waals surface area contributed by atoms with E-state index in [4.69, 9.17) is 15.2 Å². The van der Waals surface area contributed by atoms with Crippen molar-refractivity contribution in [2.45, 2.75) is 6.92 Å². The Morgan fingerprint density at radius 3 is 2.67 bits per heavy atom. The fourth-order valence-corrected chi connectivity index (χ4v) is 1.06. The Kier molecular flexibility index (Phi) is 4.86. The molecule has 0 aliphatic heterocycles. The second-order valence-corrected chi connectivity index (χ2v) is 3.49. The van der Waals surface area contributed by atoms with Crippen molar-refractivity contribution in [1.82, 2.24) is 4.98 Å². The van der Waals surface area contributed by atoms with Crippen LogP contribution in [0.25, 0.3) is 0 Å². The first-order valence-electron chi connectivity index (χ1n) is 5.22. The monoisotopic (exact) mass is 250 g/mol. The number of aromatic nitrogens is 1. The zero-order valence-electron chi connectivity index (χ0n) is 10.0. The highest BCUT2D eigenvalue weighted by Gasteiger charge is 2.11. The number of hydrogen-bond donors (Lipinski definition) is 1. The maximum atomic E-state index is 11.5. The van der Waals surface area contributed by atoms with Gasteiger partial charge in [-0.3, -0.25) is 0 Å². The fraction of sp³-hybridized carbons (Fsp3) is 0.250. The number of nitrogens with zero attached hydrogens (tertiary/aromatic N) is 1. The van der Waals surface area contributed by atoms with Gasteiger partial charge in [0.2, 0.25) is 0 Å². The molecule has 0 aliphatic rings. The lowest BCUT2D eigenvalue weighted by Gasteiger charge is -2.07. The zero-order valence-corrected chi connectivity index (χ0v) is 10.0. The van der Waals surface area contributed by atoms with Gasteiger partial charge < -0.3 is 15.2 Å². The van der Waals surface area contributed by atoms with Crippen LogP contribution in [-0.4, -0.2) is 30.1 Å². The molecule has 0 spiro atoms. The highest BCUT2D eigenvalue weighted by atomic mass is 16.6. The Labute approximate surface area is 104 Å². The van der Waals surface area contributed by atoms with Crippen LogP contribution in [0, 0.1) is 0 Å². The van der Waals surface area contributed by atoms with Gasteiger partial charge in [0, 0.05) is 11.8 Å². The molecule has 0 aromatic carbocycles. The van der Waals surface area contributed by atoms with E-state index >= 15 is 0 Å². The van der Waals surface area contributed by atoms with Crippen molar-refractivity contribution in [3.63, 3.8) is 0 Å². The average molecular weight is 250 g/mol. The number of nitrogen functional groups attached to an aromatic ring is 1. The third kappa shape index (κ3) is 3.89. The lowest BCUT2D eigenvalue weighted by atomic mass is 10.2. The Morgan fingerprint density at radius 1 is 1.39 bits per heavy atom. The topological polar surface area (TPSA) is 91.5 Å². The normalized spacial score (nSPS) is 9.61. The minimum absolute atomic E-state index is 0.0302. The lowest BCUT2D eigenvalue weighted by molar-refractivity contribution is -0.140. The summed E-state index contributed by atoms with van der Waals surface area (Å²) in [4.78, 5) is 26.3. The molecule has 2 N–H and O–H groups in total. The molecule has 1 heterocycles. The summed E-state index contributed by atoms with van der Waals surface area (Å²) in [5, 5.41) is 0. The van der Waals surface area contributed by atoms with Crippen molar-refractivity contribution < 1.29 is 19.1 Å². The first-order valence-corrected chi connectivity index (χ1v) is 5.22. The third-order valence-corrected chi connectivity index (χ3v) is 1.96. The predicted octanol–water partition coefficient (Wildman–Crippen LogP) is 0.940. The molecule has 0 saturated heterocycles. The molecule has 0 fully saturated rings. The summed E-state index contributed by atoms with van der Waals surface area (Å²) in [6, 6.07) is 3.08. The Morgan fingerprint density at radius 2 is 2.06 bits per heavy atom. The Hall–Kier alpha value is -2.37. The standard InChI is InChI=1S/C12H14N2O4/c1-8(2)11(15)17-6-7-18-12(16)9-4-3-5-14-10(9)13/h3-5H,1,6-7H2,2H3,(H2,13,14). The Bertz CT molecular complexity index is 471. The summed E-state index contributed by atoms with van der Waals surface area (Å²) in [5.74, 6) is -1.03. The van der Waals surface area contributed by atoms with Crippen LogP contribution >= 0.6 is 0 Å². The second-order valence-electron chi connectivity index (χ2n) is 3.49. The minimum Gasteiger partial charge on any atom is -0.459 e. The van der Waals surface area contributed by atoms with E-state index in [0.29, 0.717) is 0 Å². The van der Waals surface area contributed by atoms with E-state index in [1.54, 1.807) is 6.07 Å². The van der Waals surface area contributed by atoms with Crippen LogP contribution in [0.4, 0.5) is 5.82 Å². The SMILES string of the molecule is C=C(C)C(=O)OCCOC(=O)c1cccnc1N. The number of carbonyl (C=O) groups excluding carboxylic acids is 2. The second kappa shape index (κ2) is 6.39. The van der Waals surface area contributed by atoms with Gasteiger partial charge in [0.1, 0.15) is 24.6 Å². The van der Waals surface area contributed by atoms with Crippen molar-refractivity contribution in [2.24, 2.45) is 0 Å². The van der Waals surface area contributed by atoms with E-state index in [9.17, 15) is 9.59 Å². The van der Waals surface area contributed by atoms with Gasteiger partial charge in [0.05, 0.1) is 0 Å². The average Bonchev–Trinajstić information content (AvgIpc) is 2.34.